The van der Waals surface area contributed by atoms with E-state index in [1.165, 1.54) is 23.1 Å². The van der Waals surface area contributed by atoms with Crippen molar-refractivity contribution in [2.75, 3.05) is 31.5 Å². The second-order valence-corrected chi connectivity index (χ2v) is 7.17. The monoisotopic (exact) mass is 362 g/mol. The van der Waals surface area contributed by atoms with Gasteiger partial charge in [0.05, 0.1) is 11.6 Å². The highest BCUT2D eigenvalue weighted by molar-refractivity contribution is 5.85. The molecule has 0 spiro atoms. The van der Waals surface area contributed by atoms with Crippen LogP contribution in [0, 0.1) is 17.1 Å². The molecule has 3 aromatic rings. The van der Waals surface area contributed by atoms with Gasteiger partial charge in [0.2, 0.25) is 0 Å². The fourth-order valence-corrected chi connectivity index (χ4v) is 3.97. The zero-order valence-electron chi connectivity index (χ0n) is 15.2. The maximum atomic E-state index is 13.2. The van der Waals surface area contributed by atoms with Gasteiger partial charge in [0, 0.05) is 35.9 Å². The molecule has 1 aliphatic rings. The van der Waals surface area contributed by atoms with Gasteiger partial charge in [-0.1, -0.05) is 6.07 Å². The molecule has 2 N–H and O–H groups in total. The molecule has 0 atom stereocenters. The molecule has 0 aliphatic carbocycles. The maximum absolute atomic E-state index is 13.2. The number of aromatic nitrogens is 1. The third-order valence-electron chi connectivity index (χ3n) is 5.45. The number of H-pyrrole nitrogens is 1. The van der Waals surface area contributed by atoms with Gasteiger partial charge in [-0.25, -0.2) is 4.39 Å². The molecule has 4 nitrogen and oxygen atoms in total. The largest absolute Gasteiger partial charge is 0.384 e. The van der Waals surface area contributed by atoms with Crippen LogP contribution in [-0.2, 0) is 0 Å². The lowest BCUT2D eigenvalue weighted by Gasteiger charge is -2.32. The van der Waals surface area contributed by atoms with Crippen LogP contribution in [0.15, 0.2) is 48.7 Å². The Hall–Kier alpha value is -2.84. The van der Waals surface area contributed by atoms with Gasteiger partial charge < -0.3 is 15.2 Å². The van der Waals surface area contributed by atoms with E-state index in [9.17, 15) is 4.39 Å². The molecular weight excluding hydrogens is 339 g/mol. The summed E-state index contributed by atoms with van der Waals surface area (Å²) >= 11 is 0. The van der Waals surface area contributed by atoms with Crippen LogP contribution in [0.2, 0.25) is 0 Å². The predicted octanol–water partition coefficient (Wildman–Crippen LogP) is 4.47. The van der Waals surface area contributed by atoms with Gasteiger partial charge >= 0.3 is 0 Å². The number of likely N-dealkylation sites (tertiary alicyclic amines) is 1. The second kappa shape index (κ2) is 7.81. The second-order valence-electron chi connectivity index (χ2n) is 7.17. The summed E-state index contributed by atoms with van der Waals surface area (Å²) in [7, 11) is 0. The van der Waals surface area contributed by atoms with Gasteiger partial charge in [0.15, 0.2) is 0 Å². The Morgan fingerprint density at radius 2 is 2.04 bits per heavy atom. The SMILES string of the molecule is N#Cc1ccc2[nH]cc(C3CCN(CCNc4cccc(F)c4)CC3)c2c1. The lowest BCUT2D eigenvalue weighted by molar-refractivity contribution is 0.220. The molecule has 1 aromatic heterocycles. The van der Waals surface area contributed by atoms with Crippen molar-refractivity contribution < 1.29 is 4.39 Å². The van der Waals surface area contributed by atoms with E-state index in [1.54, 1.807) is 6.07 Å². The first-order chi connectivity index (χ1) is 13.2. The molecule has 138 valence electrons. The standard InChI is InChI=1S/C22H23FN4/c23-18-2-1-3-19(13-18)25-8-11-27-9-6-17(7-10-27)21-15-26-22-5-4-16(14-24)12-20(21)22/h1-5,12-13,15,17,25-26H,6-11H2. The maximum Gasteiger partial charge on any atom is 0.125 e. The number of nitrogens with zero attached hydrogens (tertiary/aromatic N) is 2. The zero-order valence-corrected chi connectivity index (χ0v) is 15.2. The lowest BCUT2D eigenvalue weighted by atomic mass is 9.89. The van der Waals surface area contributed by atoms with Crippen LogP contribution in [0.3, 0.4) is 0 Å². The van der Waals surface area contributed by atoms with Crippen molar-refractivity contribution >= 4 is 16.6 Å². The molecule has 0 amide bonds. The highest BCUT2D eigenvalue weighted by Gasteiger charge is 2.22. The molecule has 5 heteroatoms. The Morgan fingerprint density at radius 1 is 1.19 bits per heavy atom. The average molecular weight is 362 g/mol. The molecule has 1 saturated heterocycles. The van der Waals surface area contributed by atoms with E-state index in [2.05, 4.69) is 27.5 Å². The number of aromatic amines is 1. The van der Waals surface area contributed by atoms with E-state index in [1.807, 2.05) is 24.3 Å². The summed E-state index contributed by atoms with van der Waals surface area (Å²) in [5.74, 6) is 0.319. The minimum atomic E-state index is -0.209. The lowest BCUT2D eigenvalue weighted by Crippen LogP contribution is -2.36. The number of hydrogen-bond donors (Lipinski definition) is 2. The molecule has 0 saturated carbocycles. The number of piperidine rings is 1. The zero-order chi connectivity index (χ0) is 18.6. The van der Waals surface area contributed by atoms with E-state index in [0.717, 1.165) is 50.2 Å². The molecule has 27 heavy (non-hydrogen) atoms. The Labute approximate surface area is 158 Å². The minimum Gasteiger partial charge on any atom is -0.384 e. The van der Waals surface area contributed by atoms with Crippen molar-refractivity contribution in [3.05, 3.63) is 65.6 Å². The molecule has 1 fully saturated rings. The van der Waals surface area contributed by atoms with Crippen LogP contribution in [0.25, 0.3) is 10.9 Å². The Morgan fingerprint density at radius 3 is 2.81 bits per heavy atom. The van der Waals surface area contributed by atoms with Gasteiger partial charge in [0.25, 0.3) is 0 Å². The van der Waals surface area contributed by atoms with E-state index in [-0.39, 0.29) is 5.82 Å². The first-order valence-corrected chi connectivity index (χ1v) is 9.46. The van der Waals surface area contributed by atoms with Crippen molar-refractivity contribution in [3.8, 4) is 6.07 Å². The summed E-state index contributed by atoms with van der Waals surface area (Å²) in [5.41, 5.74) is 3.98. The third kappa shape index (κ3) is 3.96. The third-order valence-corrected chi connectivity index (χ3v) is 5.45. The Kier molecular flexibility index (Phi) is 5.08. The van der Waals surface area contributed by atoms with Crippen molar-refractivity contribution in [2.45, 2.75) is 18.8 Å². The summed E-state index contributed by atoms with van der Waals surface area (Å²) in [5, 5.41) is 13.6. The van der Waals surface area contributed by atoms with Crippen molar-refractivity contribution in [1.82, 2.24) is 9.88 Å². The quantitative estimate of drug-likeness (QED) is 0.704. The molecular formula is C22H23FN4. The molecule has 4 rings (SSSR count). The van der Waals surface area contributed by atoms with Gasteiger partial charge in [-0.3, -0.25) is 0 Å². The highest BCUT2D eigenvalue weighted by atomic mass is 19.1. The van der Waals surface area contributed by atoms with Crippen LogP contribution in [0.1, 0.15) is 29.9 Å². The van der Waals surface area contributed by atoms with Crippen molar-refractivity contribution in [2.24, 2.45) is 0 Å². The number of nitriles is 1. The van der Waals surface area contributed by atoms with Crippen LogP contribution in [-0.4, -0.2) is 36.1 Å². The molecule has 1 aliphatic heterocycles. The number of hydrogen-bond acceptors (Lipinski definition) is 3. The summed E-state index contributed by atoms with van der Waals surface area (Å²) < 4.78 is 13.2. The van der Waals surface area contributed by atoms with Crippen LogP contribution in [0.4, 0.5) is 10.1 Å². The molecule has 2 aromatic carbocycles. The van der Waals surface area contributed by atoms with Crippen LogP contribution < -0.4 is 5.32 Å². The normalized spacial score (nSPS) is 15.7. The number of halogens is 1. The average Bonchev–Trinajstić information content (AvgIpc) is 3.12. The van der Waals surface area contributed by atoms with Crippen molar-refractivity contribution in [1.29, 1.82) is 5.26 Å². The van der Waals surface area contributed by atoms with Gasteiger partial charge in [-0.05, 0) is 73.8 Å². The van der Waals surface area contributed by atoms with Crippen LogP contribution in [0.5, 0.6) is 0 Å². The van der Waals surface area contributed by atoms with Gasteiger partial charge in [-0.2, -0.15) is 5.26 Å². The van der Waals surface area contributed by atoms with E-state index < -0.39 is 0 Å². The fraction of sp³-hybridized carbons (Fsp3) is 0.318. The van der Waals surface area contributed by atoms with Crippen LogP contribution >= 0.6 is 0 Å². The number of anilines is 1. The van der Waals surface area contributed by atoms with E-state index in [4.69, 9.17) is 5.26 Å². The molecule has 0 unspecified atom stereocenters. The topological polar surface area (TPSA) is 54.9 Å². The Bertz CT molecular complexity index is 964. The summed E-state index contributed by atoms with van der Waals surface area (Å²) in [6, 6.07) is 14.7. The fourth-order valence-electron chi connectivity index (χ4n) is 3.97. The number of benzene rings is 2. The number of fused-ring (bicyclic) bond motifs is 1. The summed E-state index contributed by atoms with van der Waals surface area (Å²) in [6.45, 7) is 3.88. The minimum absolute atomic E-state index is 0.209. The Balaban J connectivity index is 1.32. The molecule has 2 heterocycles. The first kappa shape index (κ1) is 17.6. The molecule has 0 bridgehead atoms. The first-order valence-electron chi connectivity index (χ1n) is 9.46. The summed E-state index contributed by atoms with van der Waals surface area (Å²) in [6.07, 6.45) is 4.34. The predicted molar refractivity (Wildman–Crippen MR) is 106 cm³/mol. The van der Waals surface area contributed by atoms with E-state index >= 15 is 0 Å². The van der Waals surface area contributed by atoms with Gasteiger partial charge in [-0.15, -0.1) is 0 Å². The summed E-state index contributed by atoms with van der Waals surface area (Å²) in [4.78, 5) is 5.80. The van der Waals surface area contributed by atoms with Crippen molar-refractivity contribution in [3.63, 3.8) is 0 Å². The van der Waals surface area contributed by atoms with E-state index in [0.29, 0.717) is 11.5 Å². The number of rotatable bonds is 5. The van der Waals surface area contributed by atoms with Gasteiger partial charge in [0.1, 0.15) is 5.82 Å². The highest BCUT2D eigenvalue weighted by Crippen LogP contribution is 2.33. The number of nitrogens with one attached hydrogen (secondary N) is 2. The smallest absolute Gasteiger partial charge is 0.125 e. The molecule has 0 radical (unpaired) electrons.